The Morgan fingerprint density at radius 1 is 1.07 bits per heavy atom. The van der Waals surface area contributed by atoms with Crippen LogP contribution >= 0.6 is 0 Å². The van der Waals surface area contributed by atoms with E-state index < -0.39 is 0 Å². The second-order valence-electron chi connectivity index (χ2n) is 6.60. The lowest BCUT2D eigenvalue weighted by atomic mass is 10.1. The highest BCUT2D eigenvalue weighted by atomic mass is 16.5. The van der Waals surface area contributed by atoms with Gasteiger partial charge in [0, 0.05) is 37.0 Å². The number of carbonyl (C=O) groups excluding carboxylic acids is 1. The predicted molar refractivity (Wildman–Crippen MR) is 117 cm³/mol. The number of hydrogen-bond acceptors (Lipinski definition) is 4. The van der Waals surface area contributed by atoms with Crippen molar-refractivity contribution in [3.05, 3.63) is 53.6 Å². The van der Waals surface area contributed by atoms with Gasteiger partial charge in [-0.1, -0.05) is 19.1 Å². The zero-order chi connectivity index (χ0) is 21.2. The van der Waals surface area contributed by atoms with E-state index in [9.17, 15) is 4.79 Å². The van der Waals surface area contributed by atoms with Gasteiger partial charge in [-0.15, -0.1) is 0 Å². The van der Waals surface area contributed by atoms with Gasteiger partial charge in [-0.2, -0.15) is 0 Å². The SMILES string of the molecule is CCC(C)NC(=O)c1ccc(CNC(=NC)Nc2ccc(OC)c(OC)c2)cc1. The molecule has 0 aromatic heterocycles. The maximum absolute atomic E-state index is 12.2. The fraction of sp³-hybridized carbons (Fsp3) is 0.364. The summed E-state index contributed by atoms with van der Waals surface area (Å²) >= 11 is 0. The lowest BCUT2D eigenvalue weighted by Gasteiger charge is -2.14. The van der Waals surface area contributed by atoms with Gasteiger partial charge in [0.05, 0.1) is 14.2 Å². The van der Waals surface area contributed by atoms with Gasteiger partial charge in [-0.05, 0) is 43.2 Å². The van der Waals surface area contributed by atoms with Crippen LogP contribution in [-0.4, -0.2) is 39.2 Å². The summed E-state index contributed by atoms with van der Waals surface area (Å²) in [6.07, 6.45) is 0.903. The third kappa shape index (κ3) is 6.41. The second kappa shape index (κ2) is 10.9. The molecule has 0 fully saturated rings. The predicted octanol–water partition coefficient (Wildman–Crippen LogP) is 3.42. The zero-order valence-corrected chi connectivity index (χ0v) is 17.7. The number of aliphatic imine (C=N–C) groups is 1. The minimum Gasteiger partial charge on any atom is -0.493 e. The molecule has 0 aliphatic rings. The van der Waals surface area contributed by atoms with E-state index in [2.05, 4.69) is 20.9 Å². The highest BCUT2D eigenvalue weighted by Crippen LogP contribution is 2.29. The first-order valence-corrected chi connectivity index (χ1v) is 9.60. The van der Waals surface area contributed by atoms with Crippen LogP contribution in [0.25, 0.3) is 0 Å². The summed E-state index contributed by atoms with van der Waals surface area (Å²) in [6, 6.07) is 13.3. The number of nitrogens with one attached hydrogen (secondary N) is 3. The minimum absolute atomic E-state index is 0.0511. The molecule has 2 rings (SSSR count). The summed E-state index contributed by atoms with van der Waals surface area (Å²) < 4.78 is 10.6. The van der Waals surface area contributed by atoms with Crippen molar-refractivity contribution in [3.8, 4) is 11.5 Å². The number of hydrogen-bond donors (Lipinski definition) is 3. The fourth-order valence-electron chi connectivity index (χ4n) is 2.60. The molecule has 0 heterocycles. The maximum Gasteiger partial charge on any atom is 0.251 e. The average molecular weight is 399 g/mol. The van der Waals surface area contributed by atoms with Gasteiger partial charge in [0.2, 0.25) is 0 Å². The molecule has 0 saturated carbocycles. The van der Waals surface area contributed by atoms with Crippen LogP contribution in [0.4, 0.5) is 5.69 Å². The van der Waals surface area contributed by atoms with Crippen LogP contribution in [0, 0.1) is 0 Å². The molecule has 0 radical (unpaired) electrons. The Balaban J connectivity index is 1.95. The van der Waals surface area contributed by atoms with E-state index in [-0.39, 0.29) is 11.9 Å². The second-order valence-corrected chi connectivity index (χ2v) is 6.60. The monoisotopic (exact) mass is 398 g/mol. The van der Waals surface area contributed by atoms with Crippen LogP contribution in [0.15, 0.2) is 47.5 Å². The molecule has 29 heavy (non-hydrogen) atoms. The van der Waals surface area contributed by atoms with Crippen LogP contribution in [0.2, 0.25) is 0 Å². The third-order valence-corrected chi connectivity index (χ3v) is 4.54. The molecular formula is C22H30N4O3. The minimum atomic E-state index is -0.0511. The fourth-order valence-corrected chi connectivity index (χ4v) is 2.60. The maximum atomic E-state index is 12.2. The van der Waals surface area contributed by atoms with Gasteiger partial charge >= 0.3 is 0 Å². The Hall–Kier alpha value is -3.22. The first-order valence-electron chi connectivity index (χ1n) is 9.60. The van der Waals surface area contributed by atoms with Gasteiger partial charge in [-0.25, -0.2) is 0 Å². The van der Waals surface area contributed by atoms with Crippen LogP contribution < -0.4 is 25.4 Å². The van der Waals surface area contributed by atoms with Crippen molar-refractivity contribution in [2.24, 2.45) is 4.99 Å². The molecule has 7 nitrogen and oxygen atoms in total. The number of nitrogens with zero attached hydrogens (tertiary/aromatic N) is 1. The number of rotatable bonds is 8. The highest BCUT2D eigenvalue weighted by molar-refractivity contribution is 5.95. The molecule has 0 bridgehead atoms. The Morgan fingerprint density at radius 3 is 2.34 bits per heavy atom. The van der Waals surface area contributed by atoms with Crippen molar-refractivity contribution in [1.82, 2.24) is 10.6 Å². The largest absolute Gasteiger partial charge is 0.493 e. The summed E-state index contributed by atoms with van der Waals surface area (Å²) in [5.41, 5.74) is 2.52. The molecule has 2 aromatic carbocycles. The Labute approximate surface area is 172 Å². The van der Waals surface area contributed by atoms with Crippen LogP contribution in [0.3, 0.4) is 0 Å². The molecule has 0 aliphatic heterocycles. The topological polar surface area (TPSA) is 84.0 Å². The molecule has 3 N–H and O–H groups in total. The molecule has 156 valence electrons. The third-order valence-electron chi connectivity index (χ3n) is 4.54. The Bertz CT molecular complexity index is 834. The number of amides is 1. The number of ether oxygens (including phenoxy) is 2. The number of carbonyl (C=O) groups is 1. The first-order chi connectivity index (χ1) is 14.0. The number of anilines is 1. The Kier molecular flexibility index (Phi) is 8.33. The van der Waals surface area contributed by atoms with Gasteiger partial charge in [0.15, 0.2) is 17.5 Å². The molecule has 0 saturated heterocycles. The van der Waals surface area contributed by atoms with Crippen molar-refractivity contribution < 1.29 is 14.3 Å². The van der Waals surface area contributed by atoms with Gasteiger partial charge in [0.1, 0.15) is 0 Å². The highest BCUT2D eigenvalue weighted by Gasteiger charge is 2.09. The van der Waals surface area contributed by atoms with E-state index in [0.717, 1.165) is 17.7 Å². The number of benzene rings is 2. The quantitative estimate of drug-likeness (QED) is 0.469. The van der Waals surface area contributed by atoms with E-state index in [1.54, 1.807) is 21.3 Å². The number of methoxy groups -OCH3 is 2. The zero-order valence-electron chi connectivity index (χ0n) is 17.7. The number of guanidine groups is 1. The van der Waals surface area contributed by atoms with E-state index in [0.29, 0.717) is 29.6 Å². The molecule has 7 heteroatoms. The van der Waals surface area contributed by atoms with E-state index in [4.69, 9.17) is 9.47 Å². The lowest BCUT2D eigenvalue weighted by molar-refractivity contribution is 0.0939. The molecular weight excluding hydrogens is 368 g/mol. The Morgan fingerprint density at radius 2 is 1.76 bits per heavy atom. The van der Waals surface area contributed by atoms with Gasteiger partial charge in [-0.3, -0.25) is 9.79 Å². The smallest absolute Gasteiger partial charge is 0.251 e. The van der Waals surface area contributed by atoms with E-state index in [1.807, 2.05) is 56.3 Å². The van der Waals surface area contributed by atoms with Crippen LogP contribution in [0.1, 0.15) is 36.2 Å². The lowest BCUT2D eigenvalue weighted by Crippen LogP contribution is -2.32. The molecule has 2 aromatic rings. The summed E-state index contributed by atoms with van der Waals surface area (Å²) in [4.78, 5) is 16.4. The summed E-state index contributed by atoms with van der Waals surface area (Å²) in [6.45, 7) is 4.61. The molecule has 1 unspecified atom stereocenters. The van der Waals surface area contributed by atoms with Gasteiger partial charge in [0.25, 0.3) is 5.91 Å². The standard InChI is InChI=1S/C22H30N4O3/c1-6-15(2)25-21(27)17-9-7-16(8-10-17)14-24-22(23-3)26-18-11-12-19(28-4)20(13-18)29-5/h7-13,15H,6,14H2,1-5H3,(H,25,27)(H2,23,24,26). The summed E-state index contributed by atoms with van der Waals surface area (Å²) in [5, 5.41) is 9.44. The van der Waals surface area contributed by atoms with Crippen molar-refractivity contribution in [2.45, 2.75) is 32.9 Å². The molecule has 1 amide bonds. The normalized spacial score (nSPS) is 12.1. The van der Waals surface area contributed by atoms with Crippen LogP contribution in [-0.2, 0) is 6.54 Å². The van der Waals surface area contributed by atoms with Crippen molar-refractivity contribution in [1.29, 1.82) is 0 Å². The van der Waals surface area contributed by atoms with E-state index in [1.165, 1.54) is 0 Å². The molecule has 0 spiro atoms. The molecule has 1 atom stereocenters. The van der Waals surface area contributed by atoms with Crippen molar-refractivity contribution in [3.63, 3.8) is 0 Å². The van der Waals surface area contributed by atoms with Crippen molar-refractivity contribution >= 4 is 17.6 Å². The van der Waals surface area contributed by atoms with Crippen LogP contribution in [0.5, 0.6) is 11.5 Å². The first kappa shape index (κ1) is 22.1. The van der Waals surface area contributed by atoms with Gasteiger partial charge < -0.3 is 25.4 Å². The molecule has 0 aliphatic carbocycles. The van der Waals surface area contributed by atoms with E-state index >= 15 is 0 Å². The van der Waals surface area contributed by atoms with Crippen molar-refractivity contribution in [2.75, 3.05) is 26.6 Å². The summed E-state index contributed by atoms with van der Waals surface area (Å²) in [7, 11) is 4.91. The summed E-state index contributed by atoms with van der Waals surface area (Å²) in [5.74, 6) is 1.87. The average Bonchev–Trinajstić information content (AvgIpc) is 2.76.